The summed E-state index contributed by atoms with van der Waals surface area (Å²) in [5, 5.41) is 3.75. The van der Waals surface area contributed by atoms with Crippen molar-refractivity contribution in [3.63, 3.8) is 0 Å². The van der Waals surface area contributed by atoms with Gasteiger partial charge in [0.1, 0.15) is 0 Å². The van der Waals surface area contributed by atoms with Crippen molar-refractivity contribution >= 4 is 5.69 Å². The summed E-state index contributed by atoms with van der Waals surface area (Å²) >= 11 is 0. The summed E-state index contributed by atoms with van der Waals surface area (Å²) < 4.78 is 0. The predicted molar refractivity (Wildman–Crippen MR) is 86.4 cm³/mol. The molecule has 2 aliphatic heterocycles. The molecule has 3 rings (SSSR count). The standard InChI is InChI=1S/C18H28N2/c1-3-20(18-7-5-4-6-14(18)2)11-10-15-12-16-8-9-17(13-15)19-16/h4-7,15-17,19H,3,8-13H2,1-2H3. The first-order valence-corrected chi connectivity index (χ1v) is 8.33. The highest BCUT2D eigenvalue weighted by Crippen LogP contribution is 2.33. The lowest BCUT2D eigenvalue weighted by Gasteiger charge is -2.32. The fraction of sp³-hybridized carbons (Fsp3) is 0.667. The minimum absolute atomic E-state index is 0.826. The molecule has 0 spiro atoms. The van der Waals surface area contributed by atoms with Gasteiger partial charge in [-0.3, -0.25) is 0 Å². The molecule has 2 saturated heterocycles. The summed E-state index contributed by atoms with van der Waals surface area (Å²) in [6, 6.07) is 10.4. The summed E-state index contributed by atoms with van der Waals surface area (Å²) in [6.45, 7) is 6.83. The lowest BCUT2D eigenvalue weighted by molar-refractivity contribution is 0.287. The zero-order valence-corrected chi connectivity index (χ0v) is 12.9. The second-order valence-electron chi connectivity index (χ2n) is 6.63. The van der Waals surface area contributed by atoms with E-state index in [2.05, 4.69) is 48.3 Å². The van der Waals surface area contributed by atoms with Crippen molar-refractivity contribution in [2.75, 3.05) is 18.0 Å². The van der Waals surface area contributed by atoms with Gasteiger partial charge >= 0.3 is 0 Å². The fourth-order valence-corrected chi connectivity index (χ4v) is 4.12. The molecule has 110 valence electrons. The maximum Gasteiger partial charge on any atom is 0.0395 e. The summed E-state index contributed by atoms with van der Waals surface area (Å²) in [6.07, 6.45) is 6.99. The normalized spacial score (nSPS) is 28.6. The van der Waals surface area contributed by atoms with E-state index < -0.39 is 0 Å². The number of aryl methyl sites for hydroxylation is 1. The molecule has 0 saturated carbocycles. The molecule has 0 amide bonds. The Morgan fingerprint density at radius 3 is 2.50 bits per heavy atom. The number of rotatable bonds is 5. The quantitative estimate of drug-likeness (QED) is 0.878. The van der Waals surface area contributed by atoms with Gasteiger partial charge in [0.05, 0.1) is 0 Å². The van der Waals surface area contributed by atoms with E-state index in [-0.39, 0.29) is 0 Å². The second kappa shape index (κ2) is 6.17. The first kappa shape index (κ1) is 13.9. The van der Waals surface area contributed by atoms with Crippen LogP contribution in [0.1, 0.15) is 44.6 Å². The molecule has 0 radical (unpaired) electrons. The second-order valence-corrected chi connectivity index (χ2v) is 6.63. The molecule has 20 heavy (non-hydrogen) atoms. The highest BCUT2D eigenvalue weighted by molar-refractivity contribution is 5.52. The Balaban J connectivity index is 1.57. The highest BCUT2D eigenvalue weighted by atomic mass is 15.1. The molecule has 2 aliphatic rings. The van der Waals surface area contributed by atoms with Gasteiger partial charge in [-0.1, -0.05) is 18.2 Å². The third kappa shape index (κ3) is 3.01. The lowest BCUT2D eigenvalue weighted by Crippen LogP contribution is -2.39. The topological polar surface area (TPSA) is 15.3 Å². The van der Waals surface area contributed by atoms with E-state index in [4.69, 9.17) is 0 Å². The molecule has 2 heteroatoms. The number of benzene rings is 1. The maximum atomic E-state index is 3.75. The first-order valence-electron chi connectivity index (χ1n) is 8.33. The van der Waals surface area contributed by atoms with Crippen LogP contribution in [0.5, 0.6) is 0 Å². The molecular weight excluding hydrogens is 244 g/mol. The van der Waals surface area contributed by atoms with Crippen LogP contribution in [0.2, 0.25) is 0 Å². The monoisotopic (exact) mass is 272 g/mol. The van der Waals surface area contributed by atoms with E-state index >= 15 is 0 Å². The third-order valence-electron chi connectivity index (χ3n) is 5.22. The van der Waals surface area contributed by atoms with Crippen molar-refractivity contribution in [2.45, 2.75) is 58.0 Å². The average Bonchev–Trinajstić information content (AvgIpc) is 2.80. The van der Waals surface area contributed by atoms with Gasteiger partial charge in [-0.25, -0.2) is 0 Å². The van der Waals surface area contributed by atoms with Gasteiger partial charge in [0.2, 0.25) is 0 Å². The highest BCUT2D eigenvalue weighted by Gasteiger charge is 2.33. The number of anilines is 1. The number of hydrogen-bond acceptors (Lipinski definition) is 2. The predicted octanol–water partition coefficient (Wildman–Crippen LogP) is 3.74. The number of piperidine rings is 1. The van der Waals surface area contributed by atoms with Crippen LogP contribution in [-0.4, -0.2) is 25.2 Å². The molecule has 2 nitrogen and oxygen atoms in total. The Morgan fingerprint density at radius 2 is 1.85 bits per heavy atom. The first-order chi connectivity index (χ1) is 9.76. The van der Waals surface area contributed by atoms with Gasteiger partial charge in [-0.2, -0.15) is 0 Å². The number of hydrogen-bond donors (Lipinski definition) is 1. The molecule has 2 fully saturated rings. The Morgan fingerprint density at radius 1 is 1.15 bits per heavy atom. The van der Waals surface area contributed by atoms with E-state index in [1.807, 2.05) is 0 Å². The molecule has 0 aliphatic carbocycles. The van der Waals surface area contributed by atoms with Crippen molar-refractivity contribution in [3.05, 3.63) is 29.8 Å². The van der Waals surface area contributed by atoms with Crippen molar-refractivity contribution in [1.82, 2.24) is 5.32 Å². The Labute approximate surface area is 123 Å². The molecule has 2 heterocycles. The van der Waals surface area contributed by atoms with E-state index in [1.165, 1.54) is 49.9 Å². The average molecular weight is 272 g/mol. The minimum Gasteiger partial charge on any atom is -0.372 e. The molecular formula is C18H28N2. The van der Waals surface area contributed by atoms with Gasteiger partial charge in [0, 0.05) is 30.9 Å². The molecule has 2 atom stereocenters. The van der Waals surface area contributed by atoms with E-state index in [1.54, 1.807) is 0 Å². The van der Waals surface area contributed by atoms with Gasteiger partial charge in [0.15, 0.2) is 0 Å². The number of nitrogens with one attached hydrogen (secondary N) is 1. The van der Waals surface area contributed by atoms with E-state index in [0.29, 0.717) is 0 Å². The molecule has 1 aromatic rings. The maximum absolute atomic E-state index is 3.75. The lowest BCUT2D eigenvalue weighted by atomic mass is 9.89. The van der Waals surface area contributed by atoms with Crippen LogP contribution in [-0.2, 0) is 0 Å². The smallest absolute Gasteiger partial charge is 0.0395 e. The van der Waals surface area contributed by atoms with E-state index in [0.717, 1.165) is 24.5 Å². The molecule has 1 aromatic carbocycles. The SMILES string of the molecule is CCN(CCC1CC2CCC(C1)N2)c1ccccc1C. The molecule has 0 aromatic heterocycles. The third-order valence-corrected chi connectivity index (χ3v) is 5.22. The van der Waals surface area contributed by atoms with E-state index in [9.17, 15) is 0 Å². The van der Waals surface area contributed by atoms with Crippen molar-refractivity contribution in [3.8, 4) is 0 Å². The van der Waals surface area contributed by atoms with Crippen molar-refractivity contribution < 1.29 is 0 Å². The number of para-hydroxylation sites is 1. The van der Waals surface area contributed by atoms with Crippen LogP contribution in [0, 0.1) is 12.8 Å². The van der Waals surface area contributed by atoms with Gasteiger partial charge in [-0.05, 0) is 63.5 Å². The van der Waals surface area contributed by atoms with Gasteiger partial charge < -0.3 is 10.2 Å². The zero-order chi connectivity index (χ0) is 13.9. The van der Waals surface area contributed by atoms with Crippen molar-refractivity contribution in [2.24, 2.45) is 5.92 Å². The summed E-state index contributed by atoms with van der Waals surface area (Å²) in [7, 11) is 0. The van der Waals surface area contributed by atoms with Crippen LogP contribution in [0.4, 0.5) is 5.69 Å². The molecule has 2 unspecified atom stereocenters. The summed E-state index contributed by atoms with van der Waals surface area (Å²) in [5.74, 6) is 0.937. The zero-order valence-electron chi connectivity index (χ0n) is 12.9. The fourth-order valence-electron chi connectivity index (χ4n) is 4.12. The van der Waals surface area contributed by atoms with Crippen LogP contribution < -0.4 is 10.2 Å². The summed E-state index contributed by atoms with van der Waals surface area (Å²) in [5.41, 5.74) is 2.83. The molecule has 2 bridgehead atoms. The van der Waals surface area contributed by atoms with Crippen LogP contribution in [0.25, 0.3) is 0 Å². The number of fused-ring (bicyclic) bond motifs is 2. The summed E-state index contributed by atoms with van der Waals surface area (Å²) in [4.78, 5) is 2.55. The van der Waals surface area contributed by atoms with Gasteiger partial charge in [0.25, 0.3) is 0 Å². The Kier molecular flexibility index (Phi) is 4.30. The minimum atomic E-state index is 0.826. The van der Waals surface area contributed by atoms with Crippen LogP contribution >= 0.6 is 0 Å². The molecule has 1 N–H and O–H groups in total. The largest absolute Gasteiger partial charge is 0.372 e. The van der Waals surface area contributed by atoms with Gasteiger partial charge in [-0.15, -0.1) is 0 Å². The number of nitrogens with zero attached hydrogens (tertiary/aromatic N) is 1. The van der Waals surface area contributed by atoms with Crippen LogP contribution in [0.3, 0.4) is 0 Å². The Bertz CT molecular complexity index is 431. The Hall–Kier alpha value is -1.02. The van der Waals surface area contributed by atoms with Crippen molar-refractivity contribution in [1.29, 1.82) is 0 Å². The van der Waals surface area contributed by atoms with Crippen LogP contribution in [0.15, 0.2) is 24.3 Å².